The van der Waals surface area contributed by atoms with Gasteiger partial charge in [-0.1, -0.05) is 0 Å². The molecule has 0 bridgehead atoms. The van der Waals surface area contributed by atoms with Crippen molar-refractivity contribution in [2.75, 3.05) is 21.1 Å². The molecule has 0 aromatic carbocycles. The Kier molecular flexibility index (Phi) is 3.07. The molecule has 4 heteroatoms. The van der Waals surface area contributed by atoms with Crippen LogP contribution in [0.2, 0.25) is 0 Å². The van der Waals surface area contributed by atoms with E-state index >= 15 is 0 Å². The third kappa shape index (κ3) is 2.76. The zero-order chi connectivity index (χ0) is 7.49. The SMILES string of the molecule is CNOC(C)(O)N(C)C. The Labute approximate surface area is 55.4 Å². The van der Waals surface area contributed by atoms with Crippen LogP contribution in [0.25, 0.3) is 0 Å². The van der Waals surface area contributed by atoms with Crippen molar-refractivity contribution in [2.45, 2.75) is 12.8 Å². The highest BCUT2D eigenvalue weighted by atomic mass is 16.8. The van der Waals surface area contributed by atoms with Crippen LogP contribution in [0.4, 0.5) is 0 Å². The lowest BCUT2D eigenvalue weighted by atomic mass is 10.5. The Morgan fingerprint density at radius 3 is 2.11 bits per heavy atom. The Hall–Kier alpha value is -0.160. The Balaban J connectivity index is 3.70. The molecule has 0 aliphatic heterocycles. The summed E-state index contributed by atoms with van der Waals surface area (Å²) >= 11 is 0. The first-order valence-electron chi connectivity index (χ1n) is 2.75. The summed E-state index contributed by atoms with van der Waals surface area (Å²) in [5.41, 5.74) is 2.40. The van der Waals surface area contributed by atoms with Gasteiger partial charge in [0.2, 0.25) is 5.91 Å². The second-order valence-corrected chi connectivity index (χ2v) is 2.13. The number of rotatable bonds is 3. The summed E-state index contributed by atoms with van der Waals surface area (Å²) in [6.07, 6.45) is 0. The molecule has 0 saturated carbocycles. The molecule has 1 unspecified atom stereocenters. The molecular weight excluding hydrogens is 120 g/mol. The molecule has 0 aliphatic carbocycles. The van der Waals surface area contributed by atoms with Gasteiger partial charge in [-0.3, -0.25) is 9.74 Å². The van der Waals surface area contributed by atoms with Crippen LogP contribution in [0, 0.1) is 0 Å². The van der Waals surface area contributed by atoms with E-state index in [1.807, 2.05) is 0 Å². The maximum absolute atomic E-state index is 9.23. The molecule has 4 nitrogen and oxygen atoms in total. The molecule has 0 spiro atoms. The third-order valence-corrected chi connectivity index (χ3v) is 1.13. The highest BCUT2D eigenvalue weighted by Gasteiger charge is 2.23. The number of hydrogen-bond acceptors (Lipinski definition) is 4. The molecule has 56 valence electrons. The van der Waals surface area contributed by atoms with Crippen LogP contribution in [-0.2, 0) is 4.84 Å². The fourth-order valence-electron chi connectivity index (χ4n) is 0.285. The van der Waals surface area contributed by atoms with E-state index in [-0.39, 0.29) is 0 Å². The molecule has 1 atom stereocenters. The summed E-state index contributed by atoms with van der Waals surface area (Å²) in [6, 6.07) is 0. The van der Waals surface area contributed by atoms with Gasteiger partial charge in [0.25, 0.3) is 0 Å². The largest absolute Gasteiger partial charge is 0.352 e. The highest BCUT2D eigenvalue weighted by molar-refractivity contribution is 4.51. The predicted octanol–water partition coefficient (Wildman–Crippen LogP) is -0.635. The number of nitrogens with one attached hydrogen (secondary N) is 1. The van der Waals surface area contributed by atoms with Crippen molar-refractivity contribution < 1.29 is 9.94 Å². The molecule has 0 aromatic rings. The van der Waals surface area contributed by atoms with Crippen molar-refractivity contribution in [3.63, 3.8) is 0 Å². The van der Waals surface area contributed by atoms with E-state index in [0.717, 1.165) is 0 Å². The van der Waals surface area contributed by atoms with E-state index in [4.69, 9.17) is 4.84 Å². The molecular formula is C5H14N2O2. The average Bonchev–Trinajstić information content (AvgIpc) is 1.65. The fraction of sp³-hybridized carbons (Fsp3) is 1.00. The normalized spacial score (nSPS) is 18.0. The van der Waals surface area contributed by atoms with Gasteiger partial charge in [-0.05, 0) is 14.1 Å². The van der Waals surface area contributed by atoms with Crippen molar-refractivity contribution in [1.29, 1.82) is 0 Å². The van der Waals surface area contributed by atoms with Gasteiger partial charge >= 0.3 is 0 Å². The molecule has 0 heterocycles. The van der Waals surface area contributed by atoms with Crippen LogP contribution in [0.5, 0.6) is 0 Å². The van der Waals surface area contributed by atoms with Gasteiger partial charge in [0, 0.05) is 14.0 Å². The average molecular weight is 134 g/mol. The van der Waals surface area contributed by atoms with Gasteiger partial charge in [-0.25, -0.2) is 5.48 Å². The van der Waals surface area contributed by atoms with Gasteiger partial charge in [0.1, 0.15) is 0 Å². The van der Waals surface area contributed by atoms with E-state index in [1.54, 1.807) is 33.0 Å². The minimum atomic E-state index is -1.23. The van der Waals surface area contributed by atoms with E-state index in [0.29, 0.717) is 0 Å². The molecule has 0 amide bonds. The van der Waals surface area contributed by atoms with Crippen molar-refractivity contribution in [3.8, 4) is 0 Å². The minimum Gasteiger partial charge on any atom is -0.352 e. The molecule has 0 rings (SSSR count). The maximum atomic E-state index is 9.23. The Morgan fingerprint density at radius 2 is 2.00 bits per heavy atom. The van der Waals surface area contributed by atoms with Crippen molar-refractivity contribution in [3.05, 3.63) is 0 Å². The highest BCUT2D eigenvalue weighted by Crippen LogP contribution is 2.04. The predicted molar refractivity (Wildman–Crippen MR) is 34.5 cm³/mol. The zero-order valence-electron chi connectivity index (χ0n) is 6.30. The minimum absolute atomic E-state index is 1.23. The van der Waals surface area contributed by atoms with Gasteiger partial charge in [-0.15, -0.1) is 0 Å². The van der Waals surface area contributed by atoms with Crippen molar-refractivity contribution in [1.82, 2.24) is 10.4 Å². The summed E-state index contributed by atoms with van der Waals surface area (Å²) in [5, 5.41) is 9.23. The van der Waals surface area contributed by atoms with E-state index in [2.05, 4.69) is 5.48 Å². The van der Waals surface area contributed by atoms with Crippen LogP contribution in [0.15, 0.2) is 0 Å². The molecule has 9 heavy (non-hydrogen) atoms. The van der Waals surface area contributed by atoms with Crippen molar-refractivity contribution >= 4 is 0 Å². The summed E-state index contributed by atoms with van der Waals surface area (Å²) in [5.74, 6) is -1.23. The second kappa shape index (κ2) is 3.12. The first kappa shape index (κ1) is 8.84. The first-order valence-corrected chi connectivity index (χ1v) is 2.75. The monoisotopic (exact) mass is 134 g/mol. The fourth-order valence-corrected chi connectivity index (χ4v) is 0.285. The number of hydroxylamine groups is 1. The first-order chi connectivity index (χ1) is 4.00. The molecule has 0 saturated heterocycles. The topological polar surface area (TPSA) is 44.7 Å². The van der Waals surface area contributed by atoms with Gasteiger partial charge in [0.15, 0.2) is 0 Å². The lowest BCUT2D eigenvalue weighted by Gasteiger charge is -2.28. The lowest BCUT2D eigenvalue weighted by Crippen LogP contribution is -2.46. The van der Waals surface area contributed by atoms with E-state index in [1.165, 1.54) is 0 Å². The van der Waals surface area contributed by atoms with Crippen LogP contribution < -0.4 is 5.48 Å². The van der Waals surface area contributed by atoms with Gasteiger partial charge < -0.3 is 5.11 Å². The number of hydrogen-bond donors (Lipinski definition) is 2. The van der Waals surface area contributed by atoms with Crippen LogP contribution in [-0.4, -0.2) is 37.1 Å². The molecule has 0 fully saturated rings. The molecule has 0 radical (unpaired) electrons. The van der Waals surface area contributed by atoms with Crippen LogP contribution in [0.1, 0.15) is 6.92 Å². The van der Waals surface area contributed by atoms with Gasteiger partial charge in [0.05, 0.1) is 0 Å². The Morgan fingerprint density at radius 1 is 1.56 bits per heavy atom. The standard InChI is InChI=1S/C5H14N2O2/c1-5(8,7(3)4)9-6-2/h6,8H,1-4H3. The Bertz CT molecular complexity index is 83.0. The number of aliphatic hydroxyl groups is 1. The van der Waals surface area contributed by atoms with Gasteiger partial charge in [-0.2, -0.15) is 0 Å². The quantitative estimate of drug-likeness (QED) is 0.398. The lowest BCUT2D eigenvalue weighted by molar-refractivity contribution is -0.293. The summed E-state index contributed by atoms with van der Waals surface area (Å²) < 4.78 is 0. The van der Waals surface area contributed by atoms with Crippen molar-refractivity contribution in [2.24, 2.45) is 0 Å². The second-order valence-electron chi connectivity index (χ2n) is 2.13. The summed E-state index contributed by atoms with van der Waals surface area (Å²) in [4.78, 5) is 6.27. The smallest absolute Gasteiger partial charge is 0.241 e. The van der Waals surface area contributed by atoms with E-state index < -0.39 is 5.91 Å². The summed E-state index contributed by atoms with van der Waals surface area (Å²) in [6.45, 7) is 1.55. The zero-order valence-corrected chi connectivity index (χ0v) is 6.30. The van der Waals surface area contributed by atoms with E-state index in [9.17, 15) is 5.11 Å². The van der Waals surface area contributed by atoms with Crippen LogP contribution in [0.3, 0.4) is 0 Å². The number of nitrogens with zero attached hydrogens (tertiary/aromatic N) is 1. The molecule has 0 aliphatic rings. The molecule has 0 aromatic heterocycles. The third-order valence-electron chi connectivity index (χ3n) is 1.13. The van der Waals surface area contributed by atoms with Crippen LogP contribution >= 0.6 is 0 Å². The molecule has 2 N–H and O–H groups in total. The maximum Gasteiger partial charge on any atom is 0.241 e. The summed E-state index contributed by atoms with van der Waals surface area (Å²) in [7, 11) is 5.03.